The van der Waals surface area contributed by atoms with Crippen LogP contribution in [-0.2, 0) is 4.79 Å². The van der Waals surface area contributed by atoms with E-state index in [4.69, 9.17) is 23.2 Å². The molecule has 1 fully saturated rings. The first kappa shape index (κ1) is 18.0. The number of allylic oxidation sites excluding steroid dienone is 1. The number of rotatable bonds is 4. The van der Waals surface area contributed by atoms with Crippen LogP contribution < -0.4 is 5.32 Å². The van der Waals surface area contributed by atoms with Crippen molar-refractivity contribution in [2.24, 2.45) is 5.41 Å². The number of nitrogens with one attached hydrogen (secondary N) is 1. The molecule has 25 heavy (non-hydrogen) atoms. The Morgan fingerprint density at radius 2 is 2.00 bits per heavy atom. The van der Waals surface area contributed by atoms with Gasteiger partial charge in [-0.15, -0.1) is 6.58 Å². The quantitative estimate of drug-likeness (QED) is 0.736. The normalized spacial score (nSPS) is 26.1. The van der Waals surface area contributed by atoms with Gasteiger partial charge in [-0.1, -0.05) is 48.3 Å². The van der Waals surface area contributed by atoms with E-state index in [1.165, 1.54) is 0 Å². The first-order valence-corrected chi connectivity index (χ1v) is 8.97. The molecule has 2 aromatic rings. The zero-order chi connectivity index (χ0) is 18.0. The van der Waals surface area contributed by atoms with Gasteiger partial charge in [-0.25, -0.2) is 0 Å². The molecule has 1 aliphatic heterocycles. The number of aromatic nitrogens is 1. The van der Waals surface area contributed by atoms with Crippen molar-refractivity contribution in [3.63, 3.8) is 0 Å². The monoisotopic (exact) mass is 374 g/mol. The number of carbonyl (C=O) groups is 1. The summed E-state index contributed by atoms with van der Waals surface area (Å²) in [7, 11) is 0. The number of pyridine rings is 1. The Morgan fingerprint density at radius 1 is 1.28 bits per heavy atom. The molecule has 1 saturated heterocycles. The second-order valence-corrected chi connectivity index (χ2v) is 7.64. The fraction of sp³-hybridized carbons (Fsp3) is 0.300. The molecular weight excluding hydrogens is 355 g/mol. The van der Waals surface area contributed by atoms with Crippen LogP contribution >= 0.6 is 23.2 Å². The number of hydrogen-bond acceptors (Lipinski definition) is 2. The van der Waals surface area contributed by atoms with E-state index in [0.29, 0.717) is 22.9 Å². The van der Waals surface area contributed by atoms with Gasteiger partial charge in [-0.2, -0.15) is 0 Å². The largest absolute Gasteiger partial charge is 0.348 e. The minimum Gasteiger partial charge on any atom is -0.348 e. The van der Waals surface area contributed by atoms with Crippen molar-refractivity contribution in [2.45, 2.75) is 31.7 Å². The highest BCUT2D eigenvalue weighted by Gasteiger charge is 2.44. The summed E-state index contributed by atoms with van der Waals surface area (Å²) in [5, 5.41) is 4.49. The van der Waals surface area contributed by atoms with Crippen LogP contribution in [0.4, 0.5) is 0 Å². The summed E-state index contributed by atoms with van der Waals surface area (Å²) >= 11 is 12.2. The molecular formula is C20H20Cl2N2O. The maximum absolute atomic E-state index is 12.8. The lowest BCUT2D eigenvalue weighted by Crippen LogP contribution is -2.49. The Bertz CT molecular complexity index is 791. The van der Waals surface area contributed by atoms with E-state index in [1.54, 1.807) is 18.3 Å². The summed E-state index contributed by atoms with van der Waals surface area (Å²) in [5.41, 5.74) is 1.37. The predicted molar refractivity (Wildman–Crippen MR) is 102 cm³/mol. The fourth-order valence-electron chi connectivity index (χ4n) is 3.49. The lowest BCUT2D eigenvalue weighted by Gasteiger charge is -2.42. The maximum Gasteiger partial charge on any atom is 0.226 e. The van der Waals surface area contributed by atoms with Gasteiger partial charge >= 0.3 is 0 Å². The van der Waals surface area contributed by atoms with Gasteiger partial charge in [0, 0.05) is 27.9 Å². The molecule has 2 heterocycles. The molecule has 1 aromatic heterocycles. The molecule has 0 spiro atoms. The van der Waals surface area contributed by atoms with Crippen LogP contribution in [0.2, 0.25) is 10.0 Å². The molecule has 0 bridgehead atoms. The first-order valence-electron chi connectivity index (χ1n) is 8.22. The molecule has 1 aliphatic rings. The zero-order valence-electron chi connectivity index (χ0n) is 14.0. The third-order valence-corrected chi connectivity index (χ3v) is 5.34. The molecule has 130 valence electrons. The maximum atomic E-state index is 12.8. The second kappa shape index (κ2) is 7.19. The van der Waals surface area contributed by atoms with Crippen molar-refractivity contribution in [3.8, 4) is 0 Å². The van der Waals surface area contributed by atoms with E-state index in [0.717, 1.165) is 11.3 Å². The Hall–Kier alpha value is -1.84. The summed E-state index contributed by atoms with van der Waals surface area (Å²) in [4.78, 5) is 17.3. The lowest BCUT2D eigenvalue weighted by atomic mass is 9.69. The van der Waals surface area contributed by atoms with Crippen molar-refractivity contribution in [2.75, 3.05) is 0 Å². The molecule has 3 rings (SSSR count). The number of carbonyl (C=O) groups excluding carboxylic acids is 1. The summed E-state index contributed by atoms with van der Waals surface area (Å²) < 4.78 is 0. The van der Waals surface area contributed by atoms with Crippen LogP contribution in [-0.4, -0.2) is 10.9 Å². The third-order valence-electron chi connectivity index (χ3n) is 4.85. The standard InChI is InChI=1S/C20H20Cl2N2O/c1-3-9-20(2)12-16(17-11-15(22)8-10-23-17)18(24-19(20)25)13-4-6-14(21)7-5-13/h3-8,10-11,16,18H,1,9,12H2,2H3,(H,24,25). The zero-order valence-corrected chi connectivity index (χ0v) is 15.5. The van der Waals surface area contributed by atoms with Crippen LogP contribution in [0.1, 0.15) is 43.0 Å². The average Bonchev–Trinajstić information content (AvgIpc) is 2.58. The first-order chi connectivity index (χ1) is 11.9. The Morgan fingerprint density at radius 3 is 2.64 bits per heavy atom. The van der Waals surface area contributed by atoms with Gasteiger partial charge in [0.25, 0.3) is 0 Å². The van der Waals surface area contributed by atoms with Crippen LogP contribution in [0.5, 0.6) is 0 Å². The number of halogens is 2. The van der Waals surface area contributed by atoms with Crippen molar-refractivity contribution in [3.05, 3.63) is 76.6 Å². The van der Waals surface area contributed by atoms with Crippen molar-refractivity contribution < 1.29 is 4.79 Å². The SMILES string of the molecule is C=CCC1(C)CC(c2cc(Cl)ccn2)C(c2ccc(Cl)cc2)NC1=O. The fourth-order valence-corrected chi connectivity index (χ4v) is 3.79. The summed E-state index contributed by atoms with van der Waals surface area (Å²) in [5.74, 6) is 0.0492. The highest BCUT2D eigenvalue weighted by molar-refractivity contribution is 6.30. The van der Waals surface area contributed by atoms with E-state index in [-0.39, 0.29) is 17.9 Å². The van der Waals surface area contributed by atoms with Crippen LogP contribution in [0.25, 0.3) is 0 Å². The molecule has 1 amide bonds. The van der Waals surface area contributed by atoms with E-state index in [2.05, 4.69) is 16.9 Å². The van der Waals surface area contributed by atoms with Crippen LogP contribution in [0.15, 0.2) is 55.3 Å². The number of amides is 1. The van der Waals surface area contributed by atoms with Gasteiger partial charge < -0.3 is 5.32 Å². The van der Waals surface area contributed by atoms with E-state index in [9.17, 15) is 4.79 Å². The molecule has 1 N–H and O–H groups in total. The number of benzene rings is 1. The van der Waals surface area contributed by atoms with Gasteiger partial charge in [0.2, 0.25) is 5.91 Å². The molecule has 5 heteroatoms. The van der Waals surface area contributed by atoms with E-state index < -0.39 is 5.41 Å². The topological polar surface area (TPSA) is 42.0 Å². The summed E-state index contributed by atoms with van der Waals surface area (Å²) in [6.07, 6.45) is 4.79. The summed E-state index contributed by atoms with van der Waals surface area (Å²) in [6, 6.07) is 11.0. The van der Waals surface area contributed by atoms with E-state index >= 15 is 0 Å². The highest BCUT2D eigenvalue weighted by Crippen LogP contribution is 2.46. The van der Waals surface area contributed by atoms with Crippen LogP contribution in [0.3, 0.4) is 0 Å². The smallest absolute Gasteiger partial charge is 0.226 e. The molecule has 3 unspecified atom stereocenters. The molecule has 1 aromatic carbocycles. The van der Waals surface area contributed by atoms with Crippen molar-refractivity contribution in [1.82, 2.24) is 10.3 Å². The molecule has 3 nitrogen and oxygen atoms in total. The van der Waals surface area contributed by atoms with Gasteiger partial charge in [-0.3, -0.25) is 9.78 Å². The van der Waals surface area contributed by atoms with E-state index in [1.807, 2.05) is 37.3 Å². The molecule has 3 atom stereocenters. The van der Waals surface area contributed by atoms with Gasteiger partial charge in [-0.05, 0) is 42.7 Å². The Kier molecular flexibility index (Phi) is 5.16. The third kappa shape index (κ3) is 3.73. The predicted octanol–water partition coefficient (Wildman–Crippen LogP) is 5.32. The molecule has 0 aliphatic carbocycles. The minimum absolute atomic E-state index is 0.0162. The van der Waals surface area contributed by atoms with Crippen molar-refractivity contribution >= 4 is 29.1 Å². The minimum atomic E-state index is -0.515. The highest BCUT2D eigenvalue weighted by atomic mass is 35.5. The Balaban J connectivity index is 2.03. The Labute approximate surface area is 158 Å². The number of nitrogens with zero attached hydrogens (tertiary/aromatic N) is 1. The van der Waals surface area contributed by atoms with Gasteiger partial charge in [0.1, 0.15) is 0 Å². The molecule has 0 saturated carbocycles. The summed E-state index contributed by atoms with van der Waals surface area (Å²) in [6.45, 7) is 5.77. The van der Waals surface area contributed by atoms with Gasteiger partial charge in [0.05, 0.1) is 11.5 Å². The average molecular weight is 375 g/mol. The number of hydrogen-bond donors (Lipinski definition) is 1. The van der Waals surface area contributed by atoms with Crippen molar-refractivity contribution in [1.29, 1.82) is 0 Å². The number of piperidine rings is 1. The van der Waals surface area contributed by atoms with Crippen LogP contribution in [0, 0.1) is 5.41 Å². The lowest BCUT2D eigenvalue weighted by molar-refractivity contribution is -0.134. The second-order valence-electron chi connectivity index (χ2n) is 6.77. The molecule has 0 radical (unpaired) electrons. The van der Waals surface area contributed by atoms with Gasteiger partial charge in [0.15, 0.2) is 0 Å².